The highest BCUT2D eigenvalue weighted by molar-refractivity contribution is 5.93. The number of benzene rings is 1. The molecule has 0 bridgehead atoms. The molecule has 0 saturated carbocycles. The van der Waals surface area contributed by atoms with Crippen LogP contribution in [0.1, 0.15) is 52.0 Å². The number of para-hydroxylation sites is 1. The molecule has 0 fully saturated rings. The molecule has 0 radical (unpaired) electrons. The monoisotopic (exact) mass is 273 g/mol. The van der Waals surface area contributed by atoms with E-state index in [-0.39, 0.29) is 11.8 Å². The molecule has 20 heavy (non-hydrogen) atoms. The molecule has 0 N–H and O–H groups in total. The summed E-state index contributed by atoms with van der Waals surface area (Å²) in [6.07, 6.45) is 2.82. The Balaban J connectivity index is 2.04. The maximum Gasteiger partial charge on any atom is 0.209 e. The van der Waals surface area contributed by atoms with Crippen LogP contribution in [0.4, 0.5) is 5.69 Å². The van der Waals surface area contributed by atoms with Crippen LogP contribution in [0, 0.1) is 0 Å². The minimum absolute atomic E-state index is 0.0849. The molecule has 0 spiro atoms. The molecule has 1 aromatic rings. The number of nitrogens with zero attached hydrogens (tertiary/aromatic N) is 1. The normalized spacial score (nSPS) is 16.4. The number of fused-ring (bicyclic) bond motifs is 1. The Morgan fingerprint density at radius 2 is 1.90 bits per heavy atom. The van der Waals surface area contributed by atoms with Gasteiger partial charge in [-0.2, -0.15) is 4.58 Å². The summed E-state index contributed by atoms with van der Waals surface area (Å²) < 4.78 is 2.38. The SMILES string of the molecule is CC1=[N+](CCCCCC(=O)[O-])c2ccccc2C1(C)C. The van der Waals surface area contributed by atoms with Crippen molar-refractivity contribution in [3.8, 4) is 0 Å². The number of carbonyl (C=O) groups is 1. The summed E-state index contributed by atoms with van der Waals surface area (Å²) in [6, 6.07) is 8.55. The van der Waals surface area contributed by atoms with Gasteiger partial charge in [-0.05, 0) is 33.1 Å². The lowest BCUT2D eigenvalue weighted by molar-refractivity contribution is -0.439. The van der Waals surface area contributed by atoms with Gasteiger partial charge in [-0.15, -0.1) is 0 Å². The summed E-state index contributed by atoms with van der Waals surface area (Å²) in [5.41, 5.74) is 4.14. The third-order valence-electron chi connectivity index (χ3n) is 4.44. The Kier molecular flexibility index (Phi) is 4.26. The molecule has 108 valence electrons. The van der Waals surface area contributed by atoms with E-state index in [0.717, 1.165) is 19.4 Å². The van der Waals surface area contributed by atoms with E-state index in [1.807, 2.05) is 0 Å². The summed E-state index contributed by atoms with van der Waals surface area (Å²) in [4.78, 5) is 10.4. The fourth-order valence-corrected chi connectivity index (χ4v) is 2.95. The van der Waals surface area contributed by atoms with Crippen LogP contribution in [0.25, 0.3) is 0 Å². The minimum atomic E-state index is -0.944. The minimum Gasteiger partial charge on any atom is -0.550 e. The molecule has 3 heteroatoms. The van der Waals surface area contributed by atoms with Crippen molar-refractivity contribution in [2.75, 3.05) is 6.54 Å². The predicted molar refractivity (Wildman–Crippen MR) is 78.4 cm³/mol. The first-order valence-electron chi connectivity index (χ1n) is 7.35. The van der Waals surface area contributed by atoms with Gasteiger partial charge < -0.3 is 9.90 Å². The summed E-state index contributed by atoms with van der Waals surface area (Å²) in [6.45, 7) is 7.68. The van der Waals surface area contributed by atoms with E-state index in [9.17, 15) is 9.90 Å². The van der Waals surface area contributed by atoms with Crippen LogP contribution in [-0.2, 0) is 10.2 Å². The average molecular weight is 273 g/mol. The fraction of sp³-hybridized carbons (Fsp3) is 0.529. The quantitative estimate of drug-likeness (QED) is 0.590. The molecule has 1 heterocycles. The summed E-state index contributed by atoms with van der Waals surface area (Å²) in [7, 11) is 0. The maximum atomic E-state index is 10.4. The molecule has 0 atom stereocenters. The number of carboxylic acids is 1. The molecule has 1 aliphatic heterocycles. The second kappa shape index (κ2) is 5.78. The van der Waals surface area contributed by atoms with Crippen LogP contribution in [-0.4, -0.2) is 22.8 Å². The summed E-state index contributed by atoms with van der Waals surface area (Å²) >= 11 is 0. The average Bonchev–Trinajstić information content (AvgIpc) is 2.59. The number of hydrogen-bond donors (Lipinski definition) is 0. The first-order valence-corrected chi connectivity index (χ1v) is 7.35. The van der Waals surface area contributed by atoms with E-state index in [1.54, 1.807) is 0 Å². The van der Waals surface area contributed by atoms with Crippen molar-refractivity contribution < 1.29 is 14.5 Å². The van der Waals surface area contributed by atoms with Gasteiger partial charge in [-0.25, -0.2) is 0 Å². The molecule has 0 amide bonds. The van der Waals surface area contributed by atoms with E-state index in [0.29, 0.717) is 6.42 Å². The number of aliphatic carboxylic acids is 1. The van der Waals surface area contributed by atoms with Crippen LogP contribution in [0.3, 0.4) is 0 Å². The van der Waals surface area contributed by atoms with Crippen LogP contribution >= 0.6 is 0 Å². The molecule has 0 unspecified atom stereocenters. The van der Waals surface area contributed by atoms with Gasteiger partial charge in [0.05, 0.1) is 5.41 Å². The zero-order chi connectivity index (χ0) is 14.8. The van der Waals surface area contributed by atoms with Crippen molar-refractivity contribution in [2.24, 2.45) is 0 Å². The van der Waals surface area contributed by atoms with Gasteiger partial charge in [0.2, 0.25) is 5.69 Å². The Labute approximate surface area is 121 Å². The van der Waals surface area contributed by atoms with Crippen LogP contribution in [0.15, 0.2) is 24.3 Å². The number of carboxylic acid groups (broad SMARTS) is 1. The van der Waals surface area contributed by atoms with Gasteiger partial charge in [0.15, 0.2) is 5.71 Å². The van der Waals surface area contributed by atoms with E-state index < -0.39 is 5.97 Å². The Morgan fingerprint density at radius 1 is 1.20 bits per heavy atom. The van der Waals surface area contributed by atoms with Gasteiger partial charge in [-0.3, -0.25) is 0 Å². The highest BCUT2D eigenvalue weighted by atomic mass is 16.4. The molecule has 0 saturated heterocycles. The molecular formula is C17H23NO2. The third-order valence-corrected chi connectivity index (χ3v) is 4.44. The van der Waals surface area contributed by atoms with Crippen molar-refractivity contribution >= 4 is 17.4 Å². The van der Waals surface area contributed by atoms with E-state index in [1.165, 1.54) is 17.0 Å². The van der Waals surface area contributed by atoms with Crippen molar-refractivity contribution in [1.29, 1.82) is 0 Å². The number of unbranched alkanes of at least 4 members (excludes halogenated alkanes) is 2. The lowest BCUT2D eigenvalue weighted by Gasteiger charge is -2.14. The zero-order valence-electron chi connectivity index (χ0n) is 12.6. The van der Waals surface area contributed by atoms with Crippen LogP contribution in [0.5, 0.6) is 0 Å². The molecule has 3 nitrogen and oxygen atoms in total. The van der Waals surface area contributed by atoms with Crippen molar-refractivity contribution in [3.63, 3.8) is 0 Å². The number of hydrogen-bond acceptors (Lipinski definition) is 2. The molecule has 0 aromatic heterocycles. The highest BCUT2D eigenvalue weighted by Gasteiger charge is 2.42. The third kappa shape index (κ3) is 2.77. The maximum absolute atomic E-state index is 10.4. The largest absolute Gasteiger partial charge is 0.550 e. The van der Waals surface area contributed by atoms with Crippen LogP contribution in [0.2, 0.25) is 0 Å². The van der Waals surface area contributed by atoms with Crippen molar-refractivity contribution in [2.45, 2.75) is 51.9 Å². The Hall–Kier alpha value is -1.64. The molecule has 1 aliphatic rings. The van der Waals surface area contributed by atoms with Crippen molar-refractivity contribution in [3.05, 3.63) is 29.8 Å². The number of rotatable bonds is 6. The molecule has 0 aliphatic carbocycles. The van der Waals surface area contributed by atoms with E-state index in [4.69, 9.17) is 0 Å². The zero-order valence-corrected chi connectivity index (χ0v) is 12.6. The summed E-state index contributed by atoms with van der Waals surface area (Å²) in [5, 5.41) is 10.4. The number of carbonyl (C=O) groups excluding carboxylic acids is 1. The first-order chi connectivity index (χ1) is 9.44. The topological polar surface area (TPSA) is 43.1 Å². The lowest BCUT2D eigenvalue weighted by Crippen LogP contribution is -2.26. The Bertz CT molecular complexity index is 544. The van der Waals surface area contributed by atoms with Gasteiger partial charge in [0, 0.05) is 30.9 Å². The molecule has 2 rings (SSSR count). The van der Waals surface area contributed by atoms with Gasteiger partial charge in [0.25, 0.3) is 0 Å². The standard InChI is InChI=1S/C17H23NO2/c1-13-17(2,3)14-9-6-7-10-15(14)18(13)12-8-4-5-11-16(19)20/h6-7,9-10H,4-5,8,11-12H2,1-3H3. The van der Waals surface area contributed by atoms with Crippen LogP contribution < -0.4 is 5.11 Å². The second-order valence-electron chi connectivity index (χ2n) is 6.06. The van der Waals surface area contributed by atoms with Gasteiger partial charge >= 0.3 is 0 Å². The first kappa shape index (κ1) is 14.8. The summed E-state index contributed by atoms with van der Waals surface area (Å²) in [5.74, 6) is -0.944. The van der Waals surface area contributed by atoms with Gasteiger partial charge in [-0.1, -0.05) is 18.2 Å². The van der Waals surface area contributed by atoms with Crippen molar-refractivity contribution in [1.82, 2.24) is 0 Å². The second-order valence-corrected chi connectivity index (χ2v) is 6.06. The predicted octanol–water partition coefficient (Wildman–Crippen LogP) is 2.39. The van der Waals surface area contributed by atoms with Gasteiger partial charge in [0.1, 0.15) is 6.54 Å². The van der Waals surface area contributed by atoms with E-state index >= 15 is 0 Å². The smallest absolute Gasteiger partial charge is 0.209 e. The fourth-order valence-electron chi connectivity index (χ4n) is 2.95. The molecular weight excluding hydrogens is 250 g/mol. The highest BCUT2D eigenvalue weighted by Crippen LogP contribution is 2.39. The lowest BCUT2D eigenvalue weighted by atomic mass is 9.82. The Morgan fingerprint density at radius 3 is 2.60 bits per heavy atom. The molecule has 1 aromatic carbocycles. The van der Waals surface area contributed by atoms with E-state index in [2.05, 4.69) is 49.6 Å².